The molecule has 0 saturated carbocycles. The van der Waals surface area contributed by atoms with E-state index in [0.29, 0.717) is 0 Å². The highest BCUT2D eigenvalue weighted by Gasteiger charge is 2.15. The van der Waals surface area contributed by atoms with Crippen LogP contribution in [0.2, 0.25) is 0 Å². The van der Waals surface area contributed by atoms with Crippen molar-refractivity contribution in [3.05, 3.63) is 58.6 Å². The fraction of sp³-hybridized carbons (Fsp3) is 0.278. The summed E-state index contributed by atoms with van der Waals surface area (Å²) in [6.45, 7) is 3.80. The lowest BCUT2D eigenvalue weighted by Crippen LogP contribution is -2.44. The number of piperazine rings is 1. The Morgan fingerprint density at radius 3 is 2.48 bits per heavy atom. The average molecular weight is 374 g/mol. The summed E-state index contributed by atoms with van der Waals surface area (Å²) >= 11 is 3.49. The SMILES string of the molecule is COc1ccc(Br)cc1/C=N\N1CCN(c2ccccc2)CC1. The van der Waals surface area contributed by atoms with Crippen LogP contribution in [0.5, 0.6) is 5.75 Å². The molecule has 1 saturated heterocycles. The van der Waals surface area contributed by atoms with Crippen LogP contribution >= 0.6 is 15.9 Å². The first-order chi connectivity index (χ1) is 11.3. The lowest BCUT2D eigenvalue weighted by atomic mass is 10.2. The second-order valence-electron chi connectivity index (χ2n) is 5.41. The van der Waals surface area contributed by atoms with Gasteiger partial charge in [-0.1, -0.05) is 34.1 Å². The number of hydrazone groups is 1. The van der Waals surface area contributed by atoms with Crippen LogP contribution in [0, 0.1) is 0 Å². The molecule has 0 amide bonds. The summed E-state index contributed by atoms with van der Waals surface area (Å²) < 4.78 is 6.40. The van der Waals surface area contributed by atoms with Gasteiger partial charge < -0.3 is 9.64 Å². The van der Waals surface area contributed by atoms with E-state index in [-0.39, 0.29) is 0 Å². The molecule has 23 heavy (non-hydrogen) atoms. The molecule has 2 aromatic rings. The number of halogens is 1. The highest BCUT2D eigenvalue weighted by Crippen LogP contribution is 2.21. The summed E-state index contributed by atoms with van der Waals surface area (Å²) in [6, 6.07) is 16.5. The molecule has 1 aliphatic heterocycles. The van der Waals surface area contributed by atoms with Gasteiger partial charge in [0.05, 0.1) is 26.4 Å². The van der Waals surface area contributed by atoms with Crippen molar-refractivity contribution in [1.29, 1.82) is 0 Å². The van der Waals surface area contributed by atoms with E-state index < -0.39 is 0 Å². The Morgan fingerprint density at radius 2 is 1.78 bits per heavy atom. The molecule has 0 radical (unpaired) electrons. The second kappa shape index (κ2) is 7.51. The molecule has 3 rings (SSSR count). The maximum absolute atomic E-state index is 5.38. The monoisotopic (exact) mass is 373 g/mol. The summed E-state index contributed by atoms with van der Waals surface area (Å²) in [6.07, 6.45) is 1.88. The second-order valence-corrected chi connectivity index (χ2v) is 6.32. The summed E-state index contributed by atoms with van der Waals surface area (Å²) in [5.41, 5.74) is 2.26. The molecule has 0 atom stereocenters. The molecule has 0 unspecified atom stereocenters. The fourth-order valence-electron chi connectivity index (χ4n) is 2.66. The minimum atomic E-state index is 0.833. The molecule has 0 aromatic heterocycles. The van der Waals surface area contributed by atoms with Gasteiger partial charge in [-0.25, -0.2) is 0 Å². The smallest absolute Gasteiger partial charge is 0.127 e. The first-order valence-electron chi connectivity index (χ1n) is 7.69. The highest BCUT2D eigenvalue weighted by molar-refractivity contribution is 9.10. The molecule has 1 fully saturated rings. The van der Waals surface area contributed by atoms with Gasteiger partial charge in [0.25, 0.3) is 0 Å². The van der Waals surface area contributed by atoms with E-state index in [9.17, 15) is 0 Å². The Bertz CT molecular complexity index is 667. The third-order valence-electron chi connectivity index (χ3n) is 3.93. The van der Waals surface area contributed by atoms with Crippen molar-refractivity contribution in [2.45, 2.75) is 0 Å². The van der Waals surface area contributed by atoms with Crippen LogP contribution in [0.3, 0.4) is 0 Å². The Labute approximate surface area is 145 Å². The van der Waals surface area contributed by atoms with Gasteiger partial charge in [0, 0.05) is 28.8 Å². The Morgan fingerprint density at radius 1 is 1.04 bits per heavy atom. The molecule has 2 aromatic carbocycles. The molecular weight excluding hydrogens is 354 g/mol. The zero-order valence-electron chi connectivity index (χ0n) is 13.2. The van der Waals surface area contributed by atoms with E-state index in [0.717, 1.165) is 42.0 Å². The van der Waals surface area contributed by atoms with Gasteiger partial charge in [0.1, 0.15) is 5.75 Å². The van der Waals surface area contributed by atoms with E-state index in [1.54, 1.807) is 7.11 Å². The predicted octanol–water partition coefficient (Wildman–Crippen LogP) is 3.61. The van der Waals surface area contributed by atoms with Gasteiger partial charge in [-0.3, -0.25) is 5.01 Å². The molecule has 0 bridgehead atoms. The Balaban J connectivity index is 1.62. The normalized spacial score (nSPS) is 15.2. The van der Waals surface area contributed by atoms with Crippen molar-refractivity contribution < 1.29 is 4.74 Å². The predicted molar refractivity (Wildman–Crippen MR) is 98.5 cm³/mol. The molecule has 0 aliphatic carbocycles. The minimum Gasteiger partial charge on any atom is -0.496 e. The van der Waals surface area contributed by atoms with E-state index >= 15 is 0 Å². The van der Waals surface area contributed by atoms with Crippen molar-refractivity contribution in [3.8, 4) is 5.75 Å². The van der Waals surface area contributed by atoms with Gasteiger partial charge in [0.15, 0.2) is 0 Å². The summed E-state index contributed by atoms with van der Waals surface area (Å²) in [5.74, 6) is 0.833. The number of anilines is 1. The first kappa shape index (κ1) is 15.9. The van der Waals surface area contributed by atoms with Gasteiger partial charge in [0.2, 0.25) is 0 Å². The topological polar surface area (TPSA) is 28.1 Å². The molecule has 4 nitrogen and oxygen atoms in total. The standard InChI is InChI=1S/C18H20BrN3O/c1-23-18-8-7-16(19)13-15(18)14-20-22-11-9-21(10-12-22)17-5-3-2-4-6-17/h2-8,13-14H,9-12H2,1H3/b20-14-. The van der Waals surface area contributed by atoms with Crippen molar-refractivity contribution in [2.75, 3.05) is 38.2 Å². The lowest BCUT2D eigenvalue weighted by Gasteiger charge is -2.34. The van der Waals surface area contributed by atoms with E-state index in [1.165, 1.54) is 5.69 Å². The lowest BCUT2D eigenvalue weighted by molar-refractivity contribution is 0.272. The number of methoxy groups -OCH3 is 1. The van der Waals surface area contributed by atoms with Crippen LogP contribution in [0.4, 0.5) is 5.69 Å². The van der Waals surface area contributed by atoms with Crippen LogP contribution in [-0.4, -0.2) is 44.5 Å². The summed E-state index contributed by atoms with van der Waals surface area (Å²) in [7, 11) is 1.68. The van der Waals surface area contributed by atoms with Crippen LogP contribution in [0.1, 0.15) is 5.56 Å². The number of hydrogen-bond donors (Lipinski definition) is 0. The average Bonchev–Trinajstić information content (AvgIpc) is 2.61. The molecule has 1 aliphatic rings. The third kappa shape index (κ3) is 4.05. The number of para-hydroxylation sites is 1. The fourth-order valence-corrected chi connectivity index (χ4v) is 3.04. The Hall–Kier alpha value is -2.01. The van der Waals surface area contributed by atoms with E-state index in [1.807, 2.05) is 24.4 Å². The van der Waals surface area contributed by atoms with Crippen LogP contribution < -0.4 is 9.64 Å². The number of hydrogen-bond acceptors (Lipinski definition) is 4. The number of benzene rings is 2. The maximum atomic E-state index is 5.38. The van der Waals surface area contributed by atoms with Crippen molar-refractivity contribution in [1.82, 2.24) is 5.01 Å². The van der Waals surface area contributed by atoms with Crippen molar-refractivity contribution in [2.24, 2.45) is 5.10 Å². The van der Waals surface area contributed by atoms with Gasteiger partial charge in [-0.2, -0.15) is 5.10 Å². The quantitative estimate of drug-likeness (QED) is 0.766. The van der Waals surface area contributed by atoms with Gasteiger partial charge in [-0.05, 0) is 30.3 Å². The number of rotatable bonds is 4. The maximum Gasteiger partial charge on any atom is 0.127 e. The Kier molecular flexibility index (Phi) is 5.18. The molecule has 1 heterocycles. The van der Waals surface area contributed by atoms with Gasteiger partial charge >= 0.3 is 0 Å². The number of nitrogens with zero attached hydrogens (tertiary/aromatic N) is 3. The molecule has 0 N–H and O–H groups in total. The zero-order chi connectivity index (χ0) is 16.1. The number of ether oxygens (including phenoxy) is 1. The van der Waals surface area contributed by atoms with Crippen LogP contribution in [-0.2, 0) is 0 Å². The first-order valence-corrected chi connectivity index (χ1v) is 8.48. The molecule has 5 heteroatoms. The van der Waals surface area contributed by atoms with Crippen LogP contribution in [0.15, 0.2) is 58.1 Å². The van der Waals surface area contributed by atoms with E-state index in [2.05, 4.69) is 61.3 Å². The summed E-state index contributed by atoms with van der Waals surface area (Å²) in [5, 5.41) is 6.72. The summed E-state index contributed by atoms with van der Waals surface area (Å²) in [4.78, 5) is 2.39. The zero-order valence-corrected chi connectivity index (χ0v) is 14.7. The van der Waals surface area contributed by atoms with E-state index in [4.69, 9.17) is 4.74 Å². The highest BCUT2D eigenvalue weighted by atomic mass is 79.9. The van der Waals surface area contributed by atoms with Crippen LogP contribution in [0.25, 0.3) is 0 Å². The molecule has 120 valence electrons. The van der Waals surface area contributed by atoms with Crippen molar-refractivity contribution >= 4 is 27.8 Å². The molecular formula is C18H20BrN3O. The third-order valence-corrected chi connectivity index (χ3v) is 4.42. The van der Waals surface area contributed by atoms with Crippen molar-refractivity contribution in [3.63, 3.8) is 0 Å². The van der Waals surface area contributed by atoms with Gasteiger partial charge in [-0.15, -0.1) is 0 Å². The largest absolute Gasteiger partial charge is 0.496 e. The minimum absolute atomic E-state index is 0.833. The molecule has 0 spiro atoms.